The van der Waals surface area contributed by atoms with Crippen LogP contribution in [0.15, 0.2) is 12.4 Å². The summed E-state index contributed by atoms with van der Waals surface area (Å²) < 4.78 is 5.52. The second kappa shape index (κ2) is 4.23. The zero-order valence-electron chi connectivity index (χ0n) is 7.94. The van der Waals surface area contributed by atoms with E-state index >= 15 is 0 Å². The van der Waals surface area contributed by atoms with Gasteiger partial charge in [0, 0.05) is 12.5 Å². The standard InChI is InChI=1S/C9H14N4O/c10-9-12-4-8(5-13-9)14-6-7-1-2-11-3-7/h4-5,7,11H,1-3,6H2,(H2,10,12,13). The van der Waals surface area contributed by atoms with Crippen molar-refractivity contribution in [2.24, 2.45) is 5.92 Å². The van der Waals surface area contributed by atoms with Gasteiger partial charge >= 0.3 is 0 Å². The van der Waals surface area contributed by atoms with Crippen LogP contribution in [0.1, 0.15) is 6.42 Å². The first-order chi connectivity index (χ1) is 6.84. The van der Waals surface area contributed by atoms with E-state index in [1.165, 1.54) is 6.42 Å². The SMILES string of the molecule is Nc1ncc(OCC2CCNC2)cn1. The number of nitrogens with two attached hydrogens (primary N) is 1. The van der Waals surface area contributed by atoms with E-state index in [4.69, 9.17) is 10.5 Å². The number of rotatable bonds is 3. The Morgan fingerprint density at radius 2 is 2.29 bits per heavy atom. The summed E-state index contributed by atoms with van der Waals surface area (Å²) in [5.41, 5.74) is 5.36. The number of aromatic nitrogens is 2. The van der Waals surface area contributed by atoms with E-state index in [1.54, 1.807) is 12.4 Å². The molecule has 0 bridgehead atoms. The van der Waals surface area contributed by atoms with Crippen molar-refractivity contribution >= 4 is 5.95 Å². The van der Waals surface area contributed by atoms with E-state index in [0.29, 0.717) is 11.7 Å². The van der Waals surface area contributed by atoms with Crippen molar-refractivity contribution < 1.29 is 4.74 Å². The van der Waals surface area contributed by atoms with Gasteiger partial charge in [0.05, 0.1) is 19.0 Å². The Morgan fingerprint density at radius 1 is 1.50 bits per heavy atom. The van der Waals surface area contributed by atoms with Gasteiger partial charge < -0.3 is 15.8 Å². The maximum atomic E-state index is 5.52. The topological polar surface area (TPSA) is 73.1 Å². The minimum Gasteiger partial charge on any atom is -0.490 e. The number of nitrogens with one attached hydrogen (secondary N) is 1. The lowest BCUT2D eigenvalue weighted by Crippen LogP contribution is -2.15. The first-order valence-corrected chi connectivity index (χ1v) is 4.75. The summed E-state index contributed by atoms with van der Waals surface area (Å²) in [6, 6.07) is 0. The molecule has 1 atom stereocenters. The van der Waals surface area contributed by atoms with Gasteiger partial charge in [-0.2, -0.15) is 0 Å². The first kappa shape index (κ1) is 9.21. The summed E-state index contributed by atoms with van der Waals surface area (Å²) in [5.74, 6) is 1.57. The Hall–Kier alpha value is -1.36. The van der Waals surface area contributed by atoms with E-state index in [9.17, 15) is 0 Å². The molecule has 1 aliphatic rings. The largest absolute Gasteiger partial charge is 0.490 e. The summed E-state index contributed by atoms with van der Waals surface area (Å²) >= 11 is 0. The lowest BCUT2D eigenvalue weighted by atomic mass is 10.1. The Labute approximate surface area is 82.7 Å². The molecule has 0 saturated carbocycles. The third-order valence-corrected chi connectivity index (χ3v) is 2.30. The number of anilines is 1. The highest BCUT2D eigenvalue weighted by Gasteiger charge is 2.14. The van der Waals surface area contributed by atoms with Crippen LogP contribution in [0.2, 0.25) is 0 Å². The zero-order valence-corrected chi connectivity index (χ0v) is 7.94. The van der Waals surface area contributed by atoms with E-state index in [2.05, 4.69) is 15.3 Å². The molecular weight excluding hydrogens is 180 g/mol. The van der Waals surface area contributed by atoms with Crippen LogP contribution in [-0.4, -0.2) is 29.7 Å². The molecule has 1 aliphatic heterocycles. The highest BCUT2D eigenvalue weighted by Crippen LogP contribution is 2.12. The van der Waals surface area contributed by atoms with Crippen LogP contribution in [0.5, 0.6) is 5.75 Å². The Balaban J connectivity index is 1.82. The lowest BCUT2D eigenvalue weighted by Gasteiger charge is -2.09. The van der Waals surface area contributed by atoms with Crippen molar-refractivity contribution in [1.82, 2.24) is 15.3 Å². The van der Waals surface area contributed by atoms with E-state index in [-0.39, 0.29) is 5.95 Å². The molecule has 0 aromatic carbocycles. The molecule has 2 rings (SSSR count). The average molecular weight is 194 g/mol. The molecule has 3 N–H and O–H groups in total. The Kier molecular flexibility index (Phi) is 2.78. The van der Waals surface area contributed by atoms with Gasteiger partial charge in [-0.25, -0.2) is 9.97 Å². The quantitative estimate of drug-likeness (QED) is 0.711. The number of hydrogen-bond donors (Lipinski definition) is 2. The molecule has 5 heteroatoms. The number of nitrogen functional groups attached to an aromatic ring is 1. The van der Waals surface area contributed by atoms with Gasteiger partial charge in [0.25, 0.3) is 0 Å². The van der Waals surface area contributed by atoms with Gasteiger partial charge in [0.1, 0.15) is 0 Å². The summed E-state index contributed by atoms with van der Waals surface area (Å²) in [5, 5.41) is 3.29. The van der Waals surface area contributed by atoms with E-state index in [1.807, 2.05) is 0 Å². The molecule has 1 unspecified atom stereocenters. The fourth-order valence-electron chi connectivity index (χ4n) is 1.47. The second-order valence-corrected chi connectivity index (χ2v) is 3.45. The second-order valence-electron chi connectivity index (χ2n) is 3.45. The zero-order chi connectivity index (χ0) is 9.80. The minimum absolute atomic E-state index is 0.278. The lowest BCUT2D eigenvalue weighted by molar-refractivity contribution is 0.258. The summed E-state index contributed by atoms with van der Waals surface area (Å²) in [6.45, 7) is 2.85. The number of ether oxygens (including phenoxy) is 1. The summed E-state index contributed by atoms with van der Waals surface area (Å²) in [6.07, 6.45) is 4.38. The van der Waals surface area contributed by atoms with Crippen LogP contribution >= 0.6 is 0 Å². The number of hydrogen-bond acceptors (Lipinski definition) is 5. The maximum absolute atomic E-state index is 5.52. The third-order valence-electron chi connectivity index (χ3n) is 2.30. The molecule has 1 saturated heterocycles. The molecule has 1 aromatic heterocycles. The van der Waals surface area contributed by atoms with Gasteiger partial charge in [-0.05, 0) is 13.0 Å². The molecular formula is C9H14N4O. The van der Waals surface area contributed by atoms with Crippen molar-refractivity contribution in [3.63, 3.8) is 0 Å². The molecule has 0 amide bonds. The monoisotopic (exact) mass is 194 g/mol. The van der Waals surface area contributed by atoms with Gasteiger partial charge in [0.2, 0.25) is 5.95 Å². The normalized spacial score (nSPS) is 21.0. The van der Waals surface area contributed by atoms with Crippen LogP contribution < -0.4 is 15.8 Å². The fraction of sp³-hybridized carbons (Fsp3) is 0.556. The molecule has 0 spiro atoms. The molecule has 1 aromatic rings. The molecule has 1 fully saturated rings. The summed E-state index contributed by atoms with van der Waals surface area (Å²) in [7, 11) is 0. The van der Waals surface area contributed by atoms with Crippen LogP contribution in [0.3, 0.4) is 0 Å². The molecule has 0 radical (unpaired) electrons. The van der Waals surface area contributed by atoms with Gasteiger partial charge in [0.15, 0.2) is 5.75 Å². The third kappa shape index (κ3) is 2.32. The highest BCUT2D eigenvalue weighted by atomic mass is 16.5. The minimum atomic E-state index is 0.278. The predicted molar refractivity (Wildman–Crippen MR) is 52.9 cm³/mol. The van der Waals surface area contributed by atoms with Crippen LogP contribution in [-0.2, 0) is 0 Å². The Morgan fingerprint density at radius 3 is 2.93 bits per heavy atom. The smallest absolute Gasteiger partial charge is 0.220 e. The van der Waals surface area contributed by atoms with Gasteiger partial charge in [-0.1, -0.05) is 0 Å². The van der Waals surface area contributed by atoms with E-state index in [0.717, 1.165) is 19.7 Å². The molecule has 5 nitrogen and oxygen atoms in total. The van der Waals surface area contributed by atoms with Crippen molar-refractivity contribution in [2.45, 2.75) is 6.42 Å². The highest BCUT2D eigenvalue weighted by molar-refractivity contribution is 5.21. The number of nitrogens with zero attached hydrogens (tertiary/aromatic N) is 2. The Bertz CT molecular complexity index is 281. The first-order valence-electron chi connectivity index (χ1n) is 4.75. The molecule has 76 valence electrons. The molecule has 14 heavy (non-hydrogen) atoms. The van der Waals surface area contributed by atoms with Crippen molar-refractivity contribution in [2.75, 3.05) is 25.4 Å². The van der Waals surface area contributed by atoms with Crippen molar-refractivity contribution in [3.05, 3.63) is 12.4 Å². The molecule has 2 heterocycles. The van der Waals surface area contributed by atoms with Gasteiger partial charge in [-0.3, -0.25) is 0 Å². The fourth-order valence-corrected chi connectivity index (χ4v) is 1.47. The summed E-state index contributed by atoms with van der Waals surface area (Å²) in [4.78, 5) is 7.70. The van der Waals surface area contributed by atoms with E-state index < -0.39 is 0 Å². The van der Waals surface area contributed by atoms with Crippen LogP contribution in [0.25, 0.3) is 0 Å². The predicted octanol–water partition coefficient (Wildman–Crippen LogP) is 0.0471. The molecule has 0 aliphatic carbocycles. The average Bonchev–Trinajstić information content (AvgIpc) is 2.70. The van der Waals surface area contributed by atoms with Crippen LogP contribution in [0.4, 0.5) is 5.95 Å². The van der Waals surface area contributed by atoms with Gasteiger partial charge in [-0.15, -0.1) is 0 Å². The van der Waals surface area contributed by atoms with Crippen molar-refractivity contribution in [1.29, 1.82) is 0 Å². The maximum Gasteiger partial charge on any atom is 0.220 e. The van der Waals surface area contributed by atoms with Crippen molar-refractivity contribution in [3.8, 4) is 5.75 Å². The van der Waals surface area contributed by atoms with Crippen LogP contribution in [0, 0.1) is 5.92 Å².